The van der Waals surface area contributed by atoms with Gasteiger partial charge in [0.25, 0.3) is 0 Å². The summed E-state index contributed by atoms with van der Waals surface area (Å²) < 4.78 is 0. The van der Waals surface area contributed by atoms with Crippen molar-refractivity contribution in [2.24, 2.45) is 11.8 Å². The number of carboxylic acid groups (broad SMARTS) is 1. The molecule has 0 spiro atoms. The number of hydrogen-bond acceptors (Lipinski definition) is 3. The molecule has 1 N–H and O–H groups in total. The first kappa shape index (κ1) is 12.9. The molecule has 4 heteroatoms. The predicted octanol–water partition coefficient (Wildman–Crippen LogP) is 2.57. The molecule has 0 bridgehead atoms. The Hall–Kier alpha value is -1.58. The maximum absolute atomic E-state index is 10.9. The van der Waals surface area contributed by atoms with Crippen molar-refractivity contribution in [1.82, 2.24) is 4.98 Å². The monoisotopic (exact) mass is 248 g/mol. The van der Waals surface area contributed by atoms with Crippen molar-refractivity contribution >= 4 is 11.8 Å². The van der Waals surface area contributed by atoms with Crippen LogP contribution in [-0.2, 0) is 0 Å². The van der Waals surface area contributed by atoms with Crippen molar-refractivity contribution < 1.29 is 9.90 Å². The average molecular weight is 248 g/mol. The molecule has 0 aliphatic carbocycles. The Morgan fingerprint density at radius 2 is 2.22 bits per heavy atom. The minimum atomic E-state index is -0.909. The van der Waals surface area contributed by atoms with Crippen LogP contribution in [0.1, 0.15) is 36.3 Å². The van der Waals surface area contributed by atoms with E-state index >= 15 is 0 Å². The molecule has 1 unspecified atom stereocenters. The van der Waals surface area contributed by atoms with Crippen molar-refractivity contribution in [3.63, 3.8) is 0 Å². The molecule has 1 fully saturated rings. The Kier molecular flexibility index (Phi) is 3.55. The quantitative estimate of drug-likeness (QED) is 0.893. The first-order valence-electron chi connectivity index (χ1n) is 6.45. The summed E-state index contributed by atoms with van der Waals surface area (Å²) in [5.41, 5.74) is 0.881. The van der Waals surface area contributed by atoms with Gasteiger partial charge >= 0.3 is 5.97 Å². The smallest absolute Gasteiger partial charge is 0.337 e. The Morgan fingerprint density at radius 1 is 1.50 bits per heavy atom. The van der Waals surface area contributed by atoms with Gasteiger partial charge in [0, 0.05) is 13.1 Å². The molecular formula is C14H20N2O2. The standard InChI is InChI=1S/C14H20N2O2/c1-9(2)11-6-7-16(8-11)13-5-4-12(14(17)18)10(3)15-13/h4-5,9,11H,6-8H2,1-3H3,(H,17,18). The third kappa shape index (κ3) is 2.47. The summed E-state index contributed by atoms with van der Waals surface area (Å²) in [5, 5.41) is 8.98. The van der Waals surface area contributed by atoms with E-state index in [1.165, 1.54) is 6.42 Å². The molecule has 4 nitrogen and oxygen atoms in total. The fraction of sp³-hybridized carbons (Fsp3) is 0.571. The lowest BCUT2D eigenvalue weighted by molar-refractivity contribution is 0.0695. The third-order valence-corrected chi connectivity index (χ3v) is 3.79. The molecule has 0 radical (unpaired) electrons. The summed E-state index contributed by atoms with van der Waals surface area (Å²) in [6.45, 7) is 8.29. The van der Waals surface area contributed by atoms with Gasteiger partial charge in [-0.15, -0.1) is 0 Å². The number of pyridine rings is 1. The molecule has 1 atom stereocenters. The van der Waals surface area contributed by atoms with Crippen LogP contribution in [0.4, 0.5) is 5.82 Å². The van der Waals surface area contributed by atoms with Gasteiger partial charge in [0.2, 0.25) is 0 Å². The number of carboxylic acids is 1. The number of carbonyl (C=O) groups is 1. The van der Waals surface area contributed by atoms with Gasteiger partial charge in [0.15, 0.2) is 0 Å². The Bertz CT molecular complexity index is 457. The van der Waals surface area contributed by atoms with E-state index in [1.54, 1.807) is 13.0 Å². The molecule has 1 aliphatic rings. The minimum Gasteiger partial charge on any atom is -0.478 e. The van der Waals surface area contributed by atoms with Gasteiger partial charge in [0.1, 0.15) is 5.82 Å². The lowest BCUT2D eigenvalue weighted by atomic mass is 9.95. The highest BCUT2D eigenvalue weighted by molar-refractivity contribution is 5.89. The molecular weight excluding hydrogens is 228 g/mol. The molecule has 0 aromatic carbocycles. The number of nitrogens with zero attached hydrogens (tertiary/aromatic N) is 2. The van der Waals surface area contributed by atoms with Crippen molar-refractivity contribution in [1.29, 1.82) is 0 Å². The Morgan fingerprint density at radius 3 is 2.72 bits per heavy atom. The van der Waals surface area contributed by atoms with E-state index in [0.29, 0.717) is 23.1 Å². The van der Waals surface area contributed by atoms with E-state index in [4.69, 9.17) is 5.11 Å². The molecule has 2 rings (SSSR count). The number of aromatic carboxylic acids is 1. The molecule has 1 saturated heterocycles. The van der Waals surface area contributed by atoms with Gasteiger partial charge in [-0.05, 0) is 37.3 Å². The fourth-order valence-electron chi connectivity index (χ4n) is 2.49. The summed E-state index contributed by atoms with van der Waals surface area (Å²) in [5.74, 6) is 1.40. The fourth-order valence-corrected chi connectivity index (χ4v) is 2.49. The van der Waals surface area contributed by atoms with Crippen molar-refractivity contribution in [3.05, 3.63) is 23.4 Å². The third-order valence-electron chi connectivity index (χ3n) is 3.79. The lowest BCUT2D eigenvalue weighted by Crippen LogP contribution is -2.22. The number of aromatic nitrogens is 1. The molecule has 1 aliphatic heterocycles. The summed E-state index contributed by atoms with van der Waals surface area (Å²) in [6, 6.07) is 3.47. The Balaban J connectivity index is 2.16. The first-order chi connectivity index (χ1) is 8.49. The van der Waals surface area contributed by atoms with Crippen LogP contribution in [0.25, 0.3) is 0 Å². The van der Waals surface area contributed by atoms with Crippen molar-refractivity contribution in [2.75, 3.05) is 18.0 Å². The SMILES string of the molecule is Cc1nc(N2CCC(C(C)C)C2)ccc1C(=O)O. The highest BCUT2D eigenvalue weighted by atomic mass is 16.4. The van der Waals surface area contributed by atoms with Crippen LogP contribution in [0, 0.1) is 18.8 Å². The van der Waals surface area contributed by atoms with Crippen LogP contribution < -0.4 is 4.90 Å². The van der Waals surface area contributed by atoms with Crippen LogP contribution in [0.3, 0.4) is 0 Å². The number of hydrogen-bond donors (Lipinski definition) is 1. The summed E-state index contributed by atoms with van der Waals surface area (Å²) in [7, 11) is 0. The molecule has 2 heterocycles. The second-order valence-electron chi connectivity index (χ2n) is 5.35. The van der Waals surface area contributed by atoms with Gasteiger partial charge in [-0.3, -0.25) is 0 Å². The summed E-state index contributed by atoms with van der Waals surface area (Å²) in [4.78, 5) is 17.6. The molecule has 98 valence electrons. The molecule has 18 heavy (non-hydrogen) atoms. The second kappa shape index (κ2) is 4.96. The predicted molar refractivity (Wildman–Crippen MR) is 71.1 cm³/mol. The van der Waals surface area contributed by atoms with Gasteiger partial charge in [0.05, 0.1) is 11.3 Å². The maximum Gasteiger partial charge on any atom is 0.337 e. The average Bonchev–Trinajstić information content (AvgIpc) is 2.77. The van der Waals surface area contributed by atoms with Crippen LogP contribution in [0.5, 0.6) is 0 Å². The Labute approximate surface area is 108 Å². The van der Waals surface area contributed by atoms with E-state index in [9.17, 15) is 4.79 Å². The van der Waals surface area contributed by atoms with Crippen LogP contribution >= 0.6 is 0 Å². The molecule has 1 aromatic heterocycles. The number of anilines is 1. The number of rotatable bonds is 3. The molecule has 0 saturated carbocycles. The highest BCUT2D eigenvalue weighted by Crippen LogP contribution is 2.27. The first-order valence-corrected chi connectivity index (χ1v) is 6.45. The summed E-state index contributed by atoms with van der Waals surface area (Å²) >= 11 is 0. The largest absolute Gasteiger partial charge is 0.478 e. The molecule has 1 aromatic rings. The van der Waals surface area contributed by atoms with E-state index in [-0.39, 0.29) is 0 Å². The lowest BCUT2D eigenvalue weighted by Gasteiger charge is -2.19. The maximum atomic E-state index is 10.9. The van der Waals surface area contributed by atoms with Crippen molar-refractivity contribution in [2.45, 2.75) is 27.2 Å². The van der Waals surface area contributed by atoms with E-state index in [1.807, 2.05) is 6.07 Å². The zero-order valence-corrected chi connectivity index (χ0v) is 11.2. The van der Waals surface area contributed by atoms with Crippen molar-refractivity contribution in [3.8, 4) is 0 Å². The van der Waals surface area contributed by atoms with Gasteiger partial charge < -0.3 is 10.0 Å². The van der Waals surface area contributed by atoms with E-state index in [0.717, 1.165) is 18.9 Å². The van der Waals surface area contributed by atoms with Crippen LogP contribution in [0.15, 0.2) is 12.1 Å². The van der Waals surface area contributed by atoms with Crippen LogP contribution in [0.2, 0.25) is 0 Å². The van der Waals surface area contributed by atoms with E-state index < -0.39 is 5.97 Å². The summed E-state index contributed by atoms with van der Waals surface area (Å²) in [6.07, 6.45) is 1.19. The van der Waals surface area contributed by atoms with Crippen LogP contribution in [-0.4, -0.2) is 29.1 Å². The highest BCUT2D eigenvalue weighted by Gasteiger charge is 2.26. The number of aryl methyl sites for hydroxylation is 1. The molecule has 0 amide bonds. The normalized spacial score (nSPS) is 19.6. The second-order valence-corrected chi connectivity index (χ2v) is 5.35. The zero-order valence-electron chi connectivity index (χ0n) is 11.2. The zero-order chi connectivity index (χ0) is 13.3. The topological polar surface area (TPSA) is 53.4 Å². The van der Waals surface area contributed by atoms with Gasteiger partial charge in [-0.1, -0.05) is 13.8 Å². The minimum absolute atomic E-state index is 0.290. The van der Waals surface area contributed by atoms with E-state index in [2.05, 4.69) is 23.7 Å². The van der Waals surface area contributed by atoms with Gasteiger partial charge in [-0.25, -0.2) is 9.78 Å². The van der Waals surface area contributed by atoms with Gasteiger partial charge in [-0.2, -0.15) is 0 Å².